The summed E-state index contributed by atoms with van der Waals surface area (Å²) in [5.74, 6) is 0. The van der Waals surface area contributed by atoms with E-state index in [0.29, 0.717) is 0 Å². The van der Waals surface area contributed by atoms with E-state index in [2.05, 4.69) is 0 Å². The number of hydrogen-bond acceptors (Lipinski definition) is 0. The van der Waals surface area contributed by atoms with E-state index < -0.39 is 0 Å². The van der Waals surface area contributed by atoms with E-state index in [1.807, 2.05) is 0 Å². The third-order valence-corrected chi connectivity index (χ3v) is 0. The summed E-state index contributed by atoms with van der Waals surface area (Å²) in [6.07, 6.45) is 0. The van der Waals surface area contributed by atoms with Crippen molar-refractivity contribution in [2.45, 2.75) is 0 Å². The van der Waals surface area contributed by atoms with Gasteiger partial charge in [0.15, 0.2) is 0 Å². The predicted octanol–water partition coefficient (Wildman–Crippen LogP) is 0.912. The van der Waals surface area contributed by atoms with E-state index in [-0.39, 0.29) is 47.7 Å². The minimum Gasteiger partial charge on any atom is -0.269 e. The maximum absolute atomic E-state index is 0. The smallest absolute Gasteiger partial charge is 0 e. The van der Waals surface area contributed by atoms with Crippen molar-refractivity contribution in [2.75, 3.05) is 0 Å². The maximum atomic E-state index is 0. The van der Waals surface area contributed by atoms with E-state index in [9.17, 15) is 0 Å². The molecular weight excluding hydrogens is 179 g/mol. The van der Waals surface area contributed by atoms with Crippen molar-refractivity contribution in [3.63, 3.8) is 0 Å². The molecule has 0 atom stereocenters. The molecular formula is H6F6Zn. The van der Waals surface area contributed by atoms with Gasteiger partial charge in [-0.3, -0.25) is 28.2 Å². The second-order valence-electron chi connectivity index (χ2n) is 0. The van der Waals surface area contributed by atoms with E-state index in [1.165, 1.54) is 0 Å². The summed E-state index contributed by atoms with van der Waals surface area (Å²) >= 11 is 0. The van der Waals surface area contributed by atoms with Gasteiger partial charge in [-0.1, -0.05) is 0 Å². The Hall–Kier alpha value is 0.203. The Morgan fingerprint density at radius 1 is 0.286 bits per heavy atom. The van der Waals surface area contributed by atoms with Crippen molar-refractivity contribution < 1.29 is 47.7 Å². The first-order valence-corrected chi connectivity index (χ1v) is 0. The Morgan fingerprint density at radius 2 is 0.286 bits per heavy atom. The fraction of sp³-hybridized carbons (Fsp3) is 0. The van der Waals surface area contributed by atoms with Gasteiger partial charge >= 0.3 is 0 Å². The third-order valence-electron chi connectivity index (χ3n) is 0. The Kier molecular flexibility index (Phi) is 3890000. The van der Waals surface area contributed by atoms with Crippen LogP contribution < -0.4 is 0 Å². The quantitative estimate of drug-likeness (QED) is 0.389. The molecule has 0 unspecified atom stereocenters. The van der Waals surface area contributed by atoms with Crippen LogP contribution in [0, 0.1) is 0 Å². The van der Waals surface area contributed by atoms with Crippen LogP contribution in [0.5, 0.6) is 0 Å². The molecule has 0 aromatic carbocycles. The molecule has 0 aromatic rings. The third kappa shape index (κ3) is 2650. The maximum Gasteiger partial charge on any atom is 0 e. The molecule has 7 heteroatoms. The van der Waals surface area contributed by atoms with Crippen molar-refractivity contribution in [2.24, 2.45) is 0 Å². The van der Waals surface area contributed by atoms with Gasteiger partial charge in [0.1, 0.15) is 0 Å². The monoisotopic (exact) mass is 184 g/mol. The summed E-state index contributed by atoms with van der Waals surface area (Å²) in [6, 6.07) is 0. The first-order chi connectivity index (χ1) is 0. The van der Waals surface area contributed by atoms with Gasteiger partial charge in [0.2, 0.25) is 0 Å². The van der Waals surface area contributed by atoms with Crippen molar-refractivity contribution in [3.8, 4) is 0 Å². The molecule has 0 aliphatic carbocycles. The Labute approximate surface area is 48.6 Å². The van der Waals surface area contributed by atoms with Crippen LogP contribution in [0.4, 0.5) is 28.2 Å². The summed E-state index contributed by atoms with van der Waals surface area (Å²) < 4.78 is 0. The minimum absolute atomic E-state index is 0. The van der Waals surface area contributed by atoms with Crippen molar-refractivity contribution in [3.05, 3.63) is 0 Å². The second-order valence-corrected chi connectivity index (χ2v) is 0. The summed E-state index contributed by atoms with van der Waals surface area (Å²) in [5, 5.41) is 0. The van der Waals surface area contributed by atoms with Crippen LogP contribution in [0.2, 0.25) is 0 Å². The SMILES string of the molecule is F.F.F.F.F.F.[Zn]. The first kappa shape index (κ1) is 6700. The second kappa shape index (κ2) is 4060. The van der Waals surface area contributed by atoms with E-state index >= 15 is 0 Å². The normalized spacial score (nSPS) is 0. The summed E-state index contributed by atoms with van der Waals surface area (Å²) in [4.78, 5) is 0. The van der Waals surface area contributed by atoms with E-state index in [0.717, 1.165) is 0 Å². The van der Waals surface area contributed by atoms with E-state index in [1.54, 1.807) is 0 Å². The largest absolute Gasteiger partial charge is 0.269 e. The molecule has 50 valence electrons. The zero-order valence-corrected chi connectivity index (χ0v) is 6.12. The molecule has 0 N–H and O–H groups in total. The molecule has 0 spiro atoms. The predicted molar refractivity (Wildman–Crippen MR) is 15.0 cm³/mol. The number of hydrogen-bond donors (Lipinski definition) is 0. The molecule has 0 saturated heterocycles. The Bertz CT molecular complexity index is 4.14. The number of halogens is 6. The topological polar surface area (TPSA) is 0 Å². The van der Waals surface area contributed by atoms with Crippen LogP contribution in [-0.2, 0) is 19.5 Å². The van der Waals surface area contributed by atoms with Crippen LogP contribution in [-0.4, -0.2) is 0 Å². The fourth-order valence-corrected chi connectivity index (χ4v) is 0. The van der Waals surface area contributed by atoms with Gasteiger partial charge in [0.25, 0.3) is 0 Å². The first-order valence-electron chi connectivity index (χ1n) is 0. The van der Waals surface area contributed by atoms with Gasteiger partial charge < -0.3 is 0 Å². The van der Waals surface area contributed by atoms with Crippen molar-refractivity contribution in [1.82, 2.24) is 0 Å². The van der Waals surface area contributed by atoms with Crippen LogP contribution in [0.1, 0.15) is 0 Å². The van der Waals surface area contributed by atoms with Gasteiger partial charge in [0, 0.05) is 19.5 Å². The fourth-order valence-electron chi connectivity index (χ4n) is 0. The number of rotatable bonds is 0. The summed E-state index contributed by atoms with van der Waals surface area (Å²) in [6.45, 7) is 0. The molecule has 0 aliphatic rings. The van der Waals surface area contributed by atoms with Gasteiger partial charge in [-0.05, 0) is 0 Å². The van der Waals surface area contributed by atoms with Crippen LogP contribution in [0.15, 0.2) is 0 Å². The standard InChI is InChI=1S/6FH.Zn/h6*1H;. The van der Waals surface area contributed by atoms with Gasteiger partial charge in [-0.15, -0.1) is 0 Å². The van der Waals surface area contributed by atoms with Gasteiger partial charge in [-0.2, -0.15) is 0 Å². The van der Waals surface area contributed by atoms with Crippen molar-refractivity contribution in [1.29, 1.82) is 0 Å². The Morgan fingerprint density at radius 3 is 0.286 bits per heavy atom. The summed E-state index contributed by atoms with van der Waals surface area (Å²) in [5.41, 5.74) is 0. The molecule has 0 aliphatic heterocycles. The molecule has 7 heavy (non-hydrogen) atoms. The molecule has 0 aromatic heterocycles. The van der Waals surface area contributed by atoms with E-state index in [4.69, 9.17) is 0 Å². The van der Waals surface area contributed by atoms with Gasteiger partial charge in [0.05, 0.1) is 0 Å². The molecule has 0 bridgehead atoms. The molecule has 0 radical (unpaired) electrons. The van der Waals surface area contributed by atoms with Crippen LogP contribution in [0.25, 0.3) is 0 Å². The van der Waals surface area contributed by atoms with Crippen LogP contribution in [0.3, 0.4) is 0 Å². The van der Waals surface area contributed by atoms with Crippen LogP contribution >= 0.6 is 0 Å². The molecule has 0 saturated carbocycles. The molecule has 0 nitrogen and oxygen atoms in total. The molecule has 0 fully saturated rings. The molecule has 0 heterocycles. The minimum atomic E-state index is 0. The summed E-state index contributed by atoms with van der Waals surface area (Å²) in [7, 11) is 0. The zero-order chi connectivity index (χ0) is 0. The molecule has 0 rings (SSSR count). The average Bonchev–Trinajstić information content (AvgIpc) is 0. The molecule has 0 amide bonds. The Balaban J connectivity index is 0. The van der Waals surface area contributed by atoms with Crippen molar-refractivity contribution >= 4 is 0 Å². The van der Waals surface area contributed by atoms with Gasteiger partial charge in [-0.25, -0.2) is 0 Å². The average molecular weight is 185 g/mol. The zero-order valence-electron chi connectivity index (χ0n) is 3.16.